The van der Waals surface area contributed by atoms with Crippen LogP contribution in [0.2, 0.25) is 0 Å². The first-order chi connectivity index (χ1) is 14.1. The highest BCUT2D eigenvalue weighted by atomic mass is 19.1. The van der Waals surface area contributed by atoms with E-state index in [9.17, 15) is 9.18 Å². The van der Waals surface area contributed by atoms with Crippen molar-refractivity contribution in [3.63, 3.8) is 0 Å². The quantitative estimate of drug-likeness (QED) is 0.616. The summed E-state index contributed by atoms with van der Waals surface area (Å²) in [7, 11) is 0. The molecule has 1 aliphatic rings. The van der Waals surface area contributed by atoms with E-state index in [0.717, 1.165) is 0 Å². The zero-order chi connectivity index (χ0) is 20.4. The van der Waals surface area contributed by atoms with Gasteiger partial charge in [-0.3, -0.25) is 15.6 Å². The molecule has 1 amide bonds. The van der Waals surface area contributed by atoms with Crippen LogP contribution in [0.5, 0.6) is 0 Å². The molecular weight excluding hydrogens is 375 g/mol. The van der Waals surface area contributed by atoms with Gasteiger partial charge in [0.2, 0.25) is 5.88 Å². The number of benzene rings is 1. The number of fused-ring (bicyclic) bond motifs is 1. The topological polar surface area (TPSA) is 92.6 Å². The van der Waals surface area contributed by atoms with E-state index in [-0.39, 0.29) is 11.5 Å². The van der Waals surface area contributed by atoms with E-state index in [1.54, 1.807) is 49.4 Å². The van der Waals surface area contributed by atoms with Crippen LogP contribution in [-0.2, 0) is 4.74 Å². The minimum absolute atomic E-state index is 0.264. The summed E-state index contributed by atoms with van der Waals surface area (Å²) in [5.41, 5.74) is 7.70. The Morgan fingerprint density at radius 3 is 2.76 bits per heavy atom. The molecule has 0 atom stereocenters. The van der Waals surface area contributed by atoms with Crippen LogP contribution in [0.25, 0.3) is 16.9 Å². The Labute approximate surface area is 166 Å². The van der Waals surface area contributed by atoms with Crippen molar-refractivity contribution in [2.75, 3.05) is 6.61 Å². The fourth-order valence-corrected chi connectivity index (χ4v) is 2.98. The van der Waals surface area contributed by atoms with Crippen LogP contribution in [0.3, 0.4) is 0 Å². The molecule has 0 aliphatic carbocycles. The molecule has 0 saturated heterocycles. The van der Waals surface area contributed by atoms with Gasteiger partial charge in [0.05, 0.1) is 18.0 Å². The molecule has 0 spiro atoms. The lowest BCUT2D eigenvalue weighted by Gasteiger charge is -2.19. The van der Waals surface area contributed by atoms with Crippen molar-refractivity contribution in [1.82, 2.24) is 30.8 Å². The minimum Gasteiger partial charge on any atom is -0.478 e. The molecular formula is C20H19FN6O2. The molecule has 0 saturated carbocycles. The molecule has 8 nitrogen and oxygen atoms in total. The first kappa shape index (κ1) is 18.5. The van der Waals surface area contributed by atoms with Crippen molar-refractivity contribution in [3.05, 3.63) is 77.5 Å². The summed E-state index contributed by atoms with van der Waals surface area (Å²) in [6, 6.07) is 9.73. The van der Waals surface area contributed by atoms with Gasteiger partial charge in [-0.1, -0.05) is 12.1 Å². The van der Waals surface area contributed by atoms with Crippen LogP contribution in [0.15, 0.2) is 60.3 Å². The van der Waals surface area contributed by atoms with Crippen LogP contribution >= 0.6 is 0 Å². The highest BCUT2D eigenvalue weighted by Gasteiger charge is 2.20. The number of hydrogen-bond acceptors (Lipinski definition) is 6. The van der Waals surface area contributed by atoms with Crippen molar-refractivity contribution in [2.24, 2.45) is 0 Å². The van der Waals surface area contributed by atoms with Gasteiger partial charge in [-0.15, -0.1) is 0 Å². The average Bonchev–Trinajstić information content (AvgIpc) is 3.05. The second-order valence-corrected chi connectivity index (χ2v) is 6.26. The maximum Gasteiger partial charge on any atom is 0.277 e. The Kier molecular flexibility index (Phi) is 4.86. The summed E-state index contributed by atoms with van der Waals surface area (Å²) in [4.78, 5) is 17.3. The average molecular weight is 394 g/mol. The molecule has 3 heterocycles. The summed E-state index contributed by atoms with van der Waals surface area (Å²) < 4.78 is 20.9. The summed E-state index contributed by atoms with van der Waals surface area (Å²) in [5.74, 6) is 0.203. The normalized spacial score (nSPS) is 13.2. The third-order valence-corrected chi connectivity index (χ3v) is 4.29. The molecule has 0 fully saturated rings. The predicted molar refractivity (Wildman–Crippen MR) is 105 cm³/mol. The predicted octanol–water partition coefficient (Wildman–Crippen LogP) is 2.40. The van der Waals surface area contributed by atoms with Gasteiger partial charge in [0, 0.05) is 11.6 Å². The maximum atomic E-state index is 14.2. The number of carbonyl (C=O) groups is 1. The van der Waals surface area contributed by atoms with Crippen molar-refractivity contribution >= 4 is 11.6 Å². The number of ether oxygens (including phenoxy) is 1. The number of allylic oxidation sites excluding steroid dienone is 2. The number of rotatable bonds is 5. The maximum absolute atomic E-state index is 14.2. The van der Waals surface area contributed by atoms with Crippen LogP contribution in [0.1, 0.15) is 23.1 Å². The fraction of sp³-hybridized carbons (Fsp3) is 0.150. The lowest BCUT2D eigenvalue weighted by Crippen LogP contribution is -2.41. The van der Waals surface area contributed by atoms with E-state index in [1.165, 1.54) is 10.6 Å². The van der Waals surface area contributed by atoms with Gasteiger partial charge < -0.3 is 10.1 Å². The third kappa shape index (κ3) is 3.62. The van der Waals surface area contributed by atoms with Crippen molar-refractivity contribution in [1.29, 1.82) is 0 Å². The SMILES string of the molecule is CCOC1=CC=C(NC(=O)c2c(C)nc3ccc(-c4ccccc4F)nn23)NN1. The molecule has 1 aromatic carbocycles. The Hall–Kier alpha value is -3.88. The number of imidazole rings is 1. The van der Waals surface area contributed by atoms with Gasteiger partial charge in [-0.25, -0.2) is 13.9 Å². The van der Waals surface area contributed by atoms with Gasteiger partial charge in [-0.05, 0) is 44.2 Å². The first-order valence-electron chi connectivity index (χ1n) is 9.06. The third-order valence-electron chi connectivity index (χ3n) is 4.29. The van der Waals surface area contributed by atoms with E-state index in [1.807, 2.05) is 6.92 Å². The van der Waals surface area contributed by atoms with Crippen molar-refractivity contribution < 1.29 is 13.9 Å². The van der Waals surface area contributed by atoms with Crippen LogP contribution in [0, 0.1) is 12.7 Å². The summed E-state index contributed by atoms with van der Waals surface area (Å²) in [6.07, 6.45) is 3.38. The Morgan fingerprint density at radius 2 is 2.03 bits per heavy atom. The number of aryl methyl sites for hydroxylation is 1. The zero-order valence-electron chi connectivity index (χ0n) is 15.9. The number of hydrazine groups is 1. The first-order valence-corrected chi connectivity index (χ1v) is 9.06. The lowest BCUT2D eigenvalue weighted by molar-refractivity contribution is 0.0952. The summed E-state index contributed by atoms with van der Waals surface area (Å²) in [5, 5.41) is 7.20. The lowest BCUT2D eigenvalue weighted by atomic mass is 10.1. The molecule has 148 valence electrons. The van der Waals surface area contributed by atoms with Gasteiger partial charge in [0.25, 0.3) is 5.91 Å². The molecule has 3 aromatic rings. The van der Waals surface area contributed by atoms with Crippen LogP contribution in [0.4, 0.5) is 4.39 Å². The number of nitrogens with zero attached hydrogens (tertiary/aromatic N) is 3. The molecule has 0 unspecified atom stereocenters. The van der Waals surface area contributed by atoms with E-state index >= 15 is 0 Å². The van der Waals surface area contributed by atoms with E-state index < -0.39 is 5.91 Å². The molecule has 1 aliphatic heterocycles. The Morgan fingerprint density at radius 1 is 1.21 bits per heavy atom. The Balaban J connectivity index is 1.67. The zero-order valence-corrected chi connectivity index (χ0v) is 15.9. The van der Waals surface area contributed by atoms with Crippen LogP contribution < -0.4 is 16.2 Å². The van der Waals surface area contributed by atoms with Crippen molar-refractivity contribution in [2.45, 2.75) is 13.8 Å². The second kappa shape index (κ2) is 7.63. The molecule has 29 heavy (non-hydrogen) atoms. The molecule has 2 aromatic heterocycles. The molecule has 0 radical (unpaired) electrons. The smallest absolute Gasteiger partial charge is 0.277 e. The minimum atomic E-state index is -0.401. The van der Waals surface area contributed by atoms with Gasteiger partial charge in [0.15, 0.2) is 11.3 Å². The molecule has 3 N–H and O–H groups in total. The summed E-state index contributed by atoms with van der Waals surface area (Å²) >= 11 is 0. The van der Waals surface area contributed by atoms with E-state index in [2.05, 4.69) is 26.3 Å². The number of carbonyl (C=O) groups excluding carboxylic acids is 1. The summed E-state index contributed by atoms with van der Waals surface area (Å²) in [6.45, 7) is 4.12. The molecule has 0 bridgehead atoms. The highest BCUT2D eigenvalue weighted by molar-refractivity contribution is 5.95. The number of halogens is 1. The van der Waals surface area contributed by atoms with Gasteiger partial charge in [-0.2, -0.15) is 5.10 Å². The molecule has 9 heteroatoms. The highest BCUT2D eigenvalue weighted by Crippen LogP contribution is 2.22. The fourth-order valence-electron chi connectivity index (χ4n) is 2.98. The van der Waals surface area contributed by atoms with Gasteiger partial charge >= 0.3 is 0 Å². The van der Waals surface area contributed by atoms with Gasteiger partial charge in [0.1, 0.15) is 11.6 Å². The van der Waals surface area contributed by atoms with E-state index in [4.69, 9.17) is 4.74 Å². The van der Waals surface area contributed by atoms with Crippen molar-refractivity contribution in [3.8, 4) is 11.3 Å². The molecule has 4 rings (SSSR count). The Bertz CT molecular complexity index is 1150. The largest absolute Gasteiger partial charge is 0.478 e. The number of aromatic nitrogens is 3. The standard InChI is InChI=1S/C20H19FN6O2/c1-3-29-18-11-9-16(24-25-18)23-20(28)19-12(2)22-17-10-8-15(26-27(17)19)13-6-4-5-7-14(13)21/h4-11,24-25H,3H2,1-2H3,(H,23,28). The van der Waals surface area contributed by atoms with Crippen LogP contribution in [-0.4, -0.2) is 27.1 Å². The number of nitrogens with one attached hydrogen (secondary N) is 3. The number of amides is 1. The number of hydrogen-bond donors (Lipinski definition) is 3. The van der Waals surface area contributed by atoms with E-state index in [0.29, 0.717) is 40.9 Å². The monoisotopic (exact) mass is 394 g/mol. The second-order valence-electron chi connectivity index (χ2n) is 6.26.